The van der Waals surface area contributed by atoms with E-state index in [9.17, 15) is 19.5 Å². The Morgan fingerprint density at radius 1 is 1.10 bits per heavy atom. The number of carbonyl (C=O) groups is 3. The van der Waals surface area contributed by atoms with Crippen LogP contribution >= 0.6 is 11.3 Å². The Labute approximate surface area is 169 Å². The molecule has 0 saturated heterocycles. The summed E-state index contributed by atoms with van der Waals surface area (Å²) < 4.78 is 5.46. The molecule has 1 unspecified atom stereocenters. The lowest BCUT2D eigenvalue weighted by Gasteiger charge is -2.25. The lowest BCUT2D eigenvalue weighted by atomic mass is 10.00. The zero-order valence-corrected chi connectivity index (χ0v) is 15.8. The molecule has 0 radical (unpaired) electrons. The highest BCUT2D eigenvalue weighted by Crippen LogP contribution is 2.40. The molecule has 2 N–H and O–H groups in total. The summed E-state index contributed by atoms with van der Waals surface area (Å²) in [6, 6.07) is 11.8. The predicted octanol–water partition coefficient (Wildman–Crippen LogP) is 3.82. The number of ketones is 1. The van der Waals surface area contributed by atoms with Crippen molar-refractivity contribution in [1.82, 2.24) is 4.90 Å². The summed E-state index contributed by atoms with van der Waals surface area (Å²) in [7, 11) is 0. The quantitative estimate of drug-likeness (QED) is 0.599. The summed E-state index contributed by atoms with van der Waals surface area (Å²) in [6.45, 7) is 0.0649. The molecule has 1 atom stereocenters. The summed E-state index contributed by atoms with van der Waals surface area (Å²) in [5.74, 6) is -2.42. The fourth-order valence-electron chi connectivity index (χ4n) is 3.28. The number of carbonyl (C=O) groups excluding carboxylic acids is 2. The van der Waals surface area contributed by atoms with Gasteiger partial charge in [0.25, 0.3) is 5.91 Å². The lowest BCUT2D eigenvalue weighted by Crippen LogP contribution is -2.30. The second-order valence-corrected chi connectivity index (χ2v) is 7.37. The topological polar surface area (TPSA) is 108 Å². The van der Waals surface area contributed by atoms with Gasteiger partial charge in [-0.3, -0.25) is 9.59 Å². The van der Waals surface area contributed by atoms with Gasteiger partial charge in [0.05, 0.1) is 22.3 Å². The number of furan rings is 1. The van der Waals surface area contributed by atoms with Gasteiger partial charge in [0.15, 0.2) is 5.76 Å². The number of hydrogen-bond acceptors (Lipinski definition) is 6. The standard InChI is InChI=1S/C21H15NO6S/c23-18(15-4-2-10-29-15)16-17(14-3-1-9-28-14)22(20(25)19(16)24)11-12-5-7-13(8-6-12)21(26)27/h1-10,17,24H,11H2,(H,26,27). The predicted molar refractivity (Wildman–Crippen MR) is 104 cm³/mol. The molecular weight excluding hydrogens is 394 g/mol. The first-order valence-corrected chi connectivity index (χ1v) is 9.53. The van der Waals surface area contributed by atoms with Gasteiger partial charge in [-0.05, 0) is 41.3 Å². The summed E-state index contributed by atoms with van der Waals surface area (Å²) in [6.07, 6.45) is 1.43. The van der Waals surface area contributed by atoms with Gasteiger partial charge in [-0.15, -0.1) is 11.3 Å². The molecule has 0 bridgehead atoms. The summed E-state index contributed by atoms with van der Waals surface area (Å²) in [4.78, 5) is 38.6. The van der Waals surface area contributed by atoms with Crippen LogP contribution in [0, 0.1) is 0 Å². The smallest absolute Gasteiger partial charge is 0.335 e. The first-order chi connectivity index (χ1) is 14.0. The van der Waals surface area contributed by atoms with Gasteiger partial charge in [0.1, 0.15) is 11.8 Å². The second-order valence-electron chi connectivity index (χ2n) is 6.42. The van der Waals surface area contributed by atoms with E-state index in [0.29, 0.717) is 16.2 Å². The van der Waals surface area contributed by atoms with Crippen LogP contribution in [0.25, 0.3) is 0 Å². The van der Waals surface area contributed by atoms with Crippen LogP contribution in [0.4, 0.5) is 0 Å². The Hall–Kier alpha value is -3.65. The molecule has 0 fully saturated rings. The monoisotopic (exact) mass is 409 g/mol. The fourth-order valence-corrected chi connectivity index (χ4v) is 3.96. The van der Waals surface area contributed by atoms with Crippen LogP contribution in [0.15, 0.2) is 75.9 Å². The van der Waals surface area contributed by atoms with Crippen molar-refractivity contribution in [3.63, 3.8) is 0 Å². The van der Waals surface area contributed by atoms with Gasteiger partial charge in [-0.1, -0.05) is 18.2 Å². The van der Waals surface area contributed by atoms with E-state index in [1.54, 1.807) is 41.8 Å². The number of thiophene rings is 1. The van der Waals surface area contributed by atoms with E-state index >= 15 is 0 Å². The second kappa shape index (κ2) is 7.40. The number of carboxylic acid groups (broad SMARTS) is 1. The molecule has 7 nitrogen and oxygen atoms in total. The van der Waals surface area contributed by atoms with E-state index in [-0.39, 0.29) is 17.7 Å². The first-order valence-electron chi connectivity index (χ1n) is 8.65. The SMILES string of the molecule is O=C(O)c1ccc(CN2C(=O)C(O)=C(C(=O)c3cccs3)C2c2ccco2)cc1. The number of nitrogens with zero attached hydrogens (tertiary/aromatic N) is 1. The van der Waals surface area contributed by atoms with E-state index in [4.69, 9.17) is 9.52 Å². The van der Waals surface area contributed by atoms with E-state index < -0.39 is 29.5 Å². The maximum absolute atomic E-state index is 13.0. The minimum Gasteiger partial charge on any atom is -0.503 e. The molecule has 1 aromatic carbocycles. The van der Waals surface area contributed by atoms with Crippen molar-refractivity contribution < 1.29 is 29.0 Å². The van der Waals surface area contributed by atoms with Crippen LogP contribution in [0.3, 0.4) is 0 Å². The molecule has 0 aliphatic carbocycles. The number of hydrogen-bond donors (Lipinski definition) is 2. The Morgan fingerprint density at radius 2 is 1.86 bits per heavy atom. The van der Waals surface area contributed by atoms with Crippen molar-refractivity contribution >= 4 is 29.0 Å². The highest BCUT2D eigenvalue weighted by molar-refractivity contribution is 7.12. The number of aliphatic hydroxyl groups is 1. The number of rotatable bonds is 6. The van der Waals surface area contributed by atoms with Crippen LogP contribution in [0.2, 0.25) is 0 Å². The number of benzene rings is 1. The Bertz CT molecular complexity index is 1100. The van der Waals surface area contributed by atoms with Gasteiger partial charge in [-0.25, -0.2) is 4.79 Å². The third-order valence-electron chi connectivity index (χ3n) is 4.66. The summed E-state index contributed by atoms with van der Waals surface area (Å²) in [5.41, 5.74) is 0.741. The largest absolute Gasteiger partial charge is 0.503 e. The third-order valence-corrected chi connectivity index (χ3v) is 5.53. The van der Waals surface area contributed by atoms with Crippen molar-refractivity contribution in [2.24, 2.45) is 0 Å². The molecule has 29 heavy (non-hydrogen) atoms. The number of amides is 1. The molecule has 1 aliphatic rings. The highest BCUT2D eigenvalue weighted by atomic mass is 32.1. The van der Waals surface area contributed by atoms with E-state index in [2.05, 4.69) is 0 Å². The molecule has 2 aromatic heterocycles. The summed E-state index contributed by atoms with van der Waals surface area (Å²) in [5, 5.41) is 21.3. The number of aromatic carboxylic acids is 1. The van der Waals surface area contributed by atoms with Crippen LogP contribution < -0.4 is 0 Å². The number of carboxylic acids is 1. The Balaban J connectivity index is 1.71. The average Bonchev–Trinajstić information content (AvgIpc) is 3.46. The molecule has 1 amide bonds. The van der Waals surface area contributed by atoms with Crippen molar-refractivity contribution in [2.45, 2.75) is 12.6 Å². The third kappa shape index (κ3) is 3.34. The van der Waals surface area contributed by atoms with Crippen LogP contribution in [0.1, 0.15) is 37.4 Å². The average molecular weight is 409 g/mol. The van der Waals surface area contributed by atoms with Crippen molar-refractivity contribution in [3.8, 4) is 0 Å². The molecule has 0 saturated carbocycles. The zero-order valence-electron chi connectivity index (χ0n) is 14.9. The molecule has 8 heteroatoms. The minimum absolute atomic E-state index is 0.0328. The maximum Gasteiger partial charge on any atom is 0.335 e. The van der Waals surface area contributed by atoms with E-state index in [1.165, 1.54) is 34.6 Å². The molecule has 0 spiro atoms. The zero-order chi connectivity index (χ0) is 20.5. The minimum atomic E-state index is -1.05. The Morgan fingerprint density at radius 3 is 2.45 bits per heavy atom. The van der Waals surface area contributed by atoms with E-state index in [0.717, 1.165) is 0 Å². The summed E-state index contributed by atoms with van der Waals surface area (Å²) >= 11 is 1.22. The van der Waals surface area contributed by atoms with Gasteiger partial charge in [-0.2, -0.15) is 0 Å². The van der Waals surface area contributed by atoms with Gasteiger partial charge >= 0.3 is 5.97 Å². The lowest BCUT2D eigenvalue weighted by molar-refractivity contribution is -0.130. The number of Topliss-reactive ketones (excluding diaryl/α,β-unsaturated/α-hetero) is 1. The molecular formula is C21H15NO6S. The Kier molecular flexibility index (Phi) is 4.77. The molecule has 146 valence electrons. The molecule has 1 aliphatic heterocycles. The van der Waals surface area contributed by atoms with Gasteiger partial charge < -0.3 is 19.5 Å². The van der Waals surface area contributed by atoms with E-state index in [1.807, 2.05) is 0 Å². The molecule has 4 rings (SSSR count). The van der Waals surface area contributed by atoms with Crippen LogP contribution in [-0.4, -0.2) is 32.8 Å². The fraction of sp³-hybridized carbons (Fsp3) is 0.0952. The molecule has 3 aromatic rings. The van der Waals surface area contributed by atoms with Crippen molar-refractivity contribution in [2.75, 3.05) is 0 Å². The van der Waals surface area contributed by atoms with Crippen molar-refractivity contribution in [3.05, 3.63) is 93.3 Å². The first kappa shape index (κ1) is 18.7. The van der Waals surface area contributed by atoms with Crippen LogP contribution in [0.5, 0.6) is 0 Å². The normalized spacial score (nSPS) is 16.5. The van der Waals surface area contributed by atoms with Gasteiger partial charge in [0, 0.05) is 6.54 Å². The van der Waals surface area contributed by atoms with Crippen molar-refractivity contribution in [1.29, 1.82) is 0 Å². The maximum atomic E-state index is 13.0. The van der Waals surface area contributed by atoms with Gasteiger partial charge in [0.2, 0.25) is 5.78 Å². The number of aliphatic hydroxyl groups excluding tert-OH is 1. The highest BCUT2D eigenvalue weighted by Gasteiger charge is 2.45. The van der Waals surface area contributed by atoms with Crippen LogP contribution in [-0.2, 0) is 11.3 Å². The molecule has 3 heterocycles.